The lowest BCUT2D eigenvalue weighted by Gasteiger charge is -2.33. The van der Waals surface area contributed by atoms with Crippen molar-refractivity contribution in [2.45, 2.75) is 52.6 Å². The second-order valence-electron chi connectivity index (χ2n) is 9.31. The average molecular weight is 479 g/mol. The molecule has 0 aromatic heterocycles. The smallest absolute Gasteiger partial charge is 0.339 e. The van der Waals surface area contributed by atoms with Gasteiger partial charge in [-0.15, -0.1) is 0 Å². The number of aliphatic hydroxyl groups is 1. The number of ketones is 2. The summed E-state index contributed by atoms with van der Waals surface area (Å²) in [6, 6.07) is 9.86. The zero-order valence-corrected chi connectivity index (χ0v) is 20.6. The molecular weight excluding hydrogens is 448 g/mol. The molecule has 1 heterocycles. The van der Waals surface area contributed by atoms with Crippen LogP contribution < -0.4 is 9.47 Å². The number of ether oxygens (including phenoxy) is 2. The van der Waals surface area contributed by atoms with Gasteiger partial charge in [0.25, 0.3) is 0 Å². The maximum atomic E-state index is 11.9. The number of carboxylic acids is 1. The topological polar surface area (TPSA) is 110 Å². The zero-order valence-electron chi connectivity index (χ0n) is 20.6. The number of methoxy groups -OCH3 is 1. The van der Waals surface area contributed by atoms with E-state index >= 15 is 0 Å². The molecule has 2 aromatic carbocycles. The maximum Gasteiger partial charge on any atom is 0.339 e. The monoisotopic (exact) mass is 478 g/mol. The maximum absolute atomic E-state index is 11.9. The third-order valence-corrected chi connectivity index (χ3v) is 5.92. The molecule has 0 fully saturated rings. The first kappa shape index (κ1) is 25.7. The molecule has 35 heavy (non-hydrogen) atoms. The van der Waals surface area contributed by atoms with E-state index in [0.29, 0.717) is 11.3 Å². The second-order valence-corrected chi connectivity index (χ2v) is 9.31. The number of hydrogen-bond acceptors (Lipinski definition) is 6. The van der Waals surface area contributed by atoms with Gasteiger partial charge in [-0.2, -0.15) is 0 Å². The van der Waals surface area contributed by atoms with Crippen LogP contribution in [0.1, 0.15) is 72.4 Å². The standard InChI is InChI=1S/C15H14O3.C13H16O4/c1-9(2)7-8-12-13(16)10-5-3-4-6-11(10)14(17)15(12)18;1-13(2)7-6-8-10(17-13)5-4-9(12(14)15)11(8)16-3/h3-7,16H,8H2,1-2H3;4-5H,6-7H2,1-3H3,(H,14,15). The molecule has 1 aliphatic carbocycles. The fourth-order valence-corrected chi connectivity index (χ4v) is 4.03. The Balaban J connectivity index is 0.000000196. The largest absolute Gasteiger partial charge is 0.507 e. The van der Waals surface area contributed by atoms with Gasteiger partial charge in [0.15, 0.2) is 0 Å². The van der Waals surface area contributed by atoms with E-state index in [1.165, 1.54) is 13.2 Å². The Bertz CT molecular complexity index is 1240. The summed E-state index contributed by atoms with van der Waals surface area (Å²) in [5, 5.41) is 19.2. The highest BCUT2D eigenvalue weighted by atomic mass is 16.5. The molecule has 7 nitrogen and oxygen atoms in total. The Kier molecular flexibility index (Phi) is 7.48. The van der Waals surface area contributed by atoms with Gasteiger partial charge >= 0.3 is 5.97 Å². The molecule has 0 saturated heterocycles. The number of aliphatic hydroxyl groups excluding tert-OH is 1. The molecule has 2 aliphatic rings. The van der Waals surface area contributed by atoms with Crippen LogP contribution in [0.15, 0.2) is 53.6 Å². The quantitative estimate of drug-likeness (QED) is 0.436. The zero-order chi connectivity index (χ0) is 25.9. The normalized spacial score (nSPS) is 15.7. The van der Waals surface area contributed by atoms with Crippen molar-refractivity contribution in [2.24, 2.45) is 0 Å². The van der Waals surface area contributed by atoms with Crippen molar-refractivity contribution >= 4 is 23.3 Å². The van der Waals surface area contributed by atoms with Crippen molar-refractivity contribution in [3.63, 3.8) is 0 Å². The van der Waals surface area contributed by atoms with E-state index < -0.39 is 17.5 Å². The van der Waals surface area contributed by atoms with Gasteiger partial charge in [0.2, 0.25) is 11.6 Å². The summed E-state index contributed by atoms with van der Waals surface area (Å²) in [5.74, 6) is -1.06. The minimum Gasteiger partial charge on any atom is -0.507 e. The van der Waals surface area contributed by atoms with Crippen LogP contribution in [-0.4, -0.2) is 40.5 Å². The Hall–Kier alpha value is -3.87. The summed E-state index contributed by atoms with van der Waals surface area (Å²) in [5.41, 5.74) is 2.78. The lowest BCUT2D eigenvalue weighted by Crippen LogP contribution is -2.32. The number of aromatic carboxylic acids is 1. The van der Waals surface area contributed by atoms with Gasteiger partial charge < -0.3 is 19.7 Å². The Morgan fingerprint density at radius 2 is 1.74 bits per heavy atom. The molecule has 7 heteroatoms. The van der Waals surface area contributed by atoms with Gasteiger partial charge in [-0.25, -0.2) is 4.79 Å². The van der Waals surface area contributed by atoms with E-state index in [-0.39, 0.29) is 34.5 Å². The fraction of sp³-hybridized carbons (Fsp3) is 0.321. The predicted octanol–water partition coefficient (Wildman–Crippen LogP) is 5.57. The van der Waals surface area contributed by atoms with Gasteiger partial charge in [0.05, 0.1) is 7.11 Å². The van der Waals surface area contributed by atoms with E-state index in [9.17, 15) is 19.5 Å². The Labute approximate surface area is 204 Å². The summed E-state index contributed by atoms with van der Waals surface area (Å²) in [6.07, 6.45) is 3.73. The summed E-state index contributed by atoms with van der Waals surface area (Å²) in [6.45, 7) is 7.85. The first-order valence-electron chi connectivity index (χ1n) is 11.3. The molecule has 2 aromatic rings. The van der Waals surface area contributed by atoms with E-state index in [4.69, 9.17) is 14.6 Å². The Morgan fingerprint density at radius 1 is 1.09 bits per heavy atom. The van der Waals surface area contributed by atoms with Crippen LogP contribution in [0.25, 0.3) is 5.76 Å². The molecule has 0 bridgehead atoms. The molecule has 0 amide bonds. The van der Waals surface area contributed by atoms with Gasteiger partial charge in [0.1, 0.15) is 28.4 Å². The molecule has 0 unspecified atom stereocenters. The molecule has 184 valence electrons. The van der Waals surface area contributed by atoms with E-state index in [1.54, 1.807) is 30.3 Å². The number of allylic oxidation sites excluding steroid dienone is 3. The SMILES string of the molecule is CC(C)=CCC1=C(O)c2ccccc2C(=O)C1=O.COc1c(C(=O)O)ccc2c1CCC(C)(C)O2. The van der Waals surface area contributed by atoms with Crippen LogP contribution in [0, 0.1) is 0 Å². The lowest BCUT2D eigenvalue weighted by atomic mass is 9.87. The molecule has 0 atom stereocenters. The molecule has 0 spiro atoms. The third kappa shape index (κ3) is 5.45. The highest BCUT2D eigenvalue weighted by Crippen LogP contribution is 2.40. The first-order valence-corrected chi connectivity index (χ1v) is 11.3. The molecule has 0 radical (unpaired) electrons. The minimum absolute atomic E-state index is 0.0762. The highest BCUT2D eigenvalue weighted by molar-refractivity contribution is 6.52. The molecule has 1 aliphatic heterocycles. The van der Waals surface area contributed by atoms with Crippen molar-refractivity contribution < 1.29 is 34.1 Å². The highest BCUT2D eigenvalue weighted by Gasteiger charge is 2.32. The van der Waals surface area contributed by atoms with E-state index in [0.717, 1.165) is 29.7 Å². The van der Waals surface area contributed by atoms with E-state index in [1.807, 2.05) is 33.8 Å². The van der Waals surface area contributed by atoms with Crippen molar-refractivity contribution in [3.8, 4) is 11.5 Å². The fourth-order valence-electron chi connectivity index (χ4n) is 4.03. The Morgan fingerprint density at radius 3 is 2.34 bits per heavy atom. The average Bonchev–Trinajstić information content (AvgIpc) is 2.81. The van der Waals surface area contributed by atoms with Crippen LogP contribution in [-0.2, 0) is 11.2 Å². The lowest BCUT2D eigenvalue weighted by molar-refractivity contribution is -0.112. The predicted molar refractivity (Wildman–Crippen MR) is 132 cm³/mol. The second kappa shape index (κ2) is 10.2. The van der Waals surface area contributed by atoms with Crippen molar-refractivity contribution in [3.05, 3.63) is 75.9 Å². The number of Topliss-reactive ketones (excluding diaryl/α,β-unsaturated/α-hetero) is 2. The summed E-state index contributed by atoms with van der Waals surface area (Å²) in [4.78, 5) is 34.9. The number of rotatable bonds is 4. The van der Waals surface area contributed by atoms with Crippen molar-refractivity contribution in [2.75, 3.05) is 7.11 Å². The van der Waals surface area contributed by atoms with Gasteiger partial charge in [0, 0.05) is 22.3 Å². The number of fused-ring (bicyclic) bond motifs is 2. The molecule has 2 N–H and O–H groups in total. The number of carbonyl (C=O) groups is 3. The van der Waals surface area contributed by atoms with Crippen LogP contribution in [0.5, 0.6) is 11.5 Å². The van der Waals surface area contributed by atoms with Crippen molar-refractivity contribution in [1.29, 1.82) is 0 Å². The third-order valence-electron chi connectivity index (χ3n) is 5.92. The van der Waals surface area contributed by atoms with Gasteiger partial charge in [-0.1, -0.05) is 35.9 Å². The summed E-state index contributed by atoms with van der Waals surface area (Å²) >= 11 is 0. The van der Waals surface area contributed by atoms with Crippen molar-refractivity contribution in [1.82, 2.24) is 0 Å². The minimum atomic E-state index is -0.977. The van der Waals surface area contributed by atoms with Gasteiger partial charge in [-0.3, -0.25) is 9.59 Å². The molecular formula is C28H30O7. The number of carbonyl (C=O) groups excluding carboxylic acids is 2. The molecule has 4 rings (SSSR count). The van der Waals surface area contributed by atoms with E-state index in [2.05, 4.69) is 0 Å². The van der Waals surface area contributed by atoms with Crippen LogP contribution in [0.3, 0.4) is 0 Å². The van der Waals surface area contributed by atoms with Crippen LogP contribution in [0.4, 0.5) is 0 Å². The summed E-state index contributed by atoms with van der Waals surface area (Å²) in [7, 11) is 1.49. The number of carboxylic acid groups (broad SMARTS) is 1. The van der Waals surface area contributed by atoms with Gasteiger partial charge in [-0.05, 0) is 59.1 Å². The number of benzene rings is 2. The molecule has 0 saturated carbocycles. The number of hydrogen-bond donors (Lipinski definition) is 2. The first-order chi connectivity index (χ1) is 16.5. The van der Waals surface area contributed by atoms with Crippen LogP contribution in [0.2, 0.25) is 0 Å². The van der Waals surface area contributed by atoms with Crippen LogP contribution >= 0.6 is 0 Å². The summed E-state index contributed by atoms with van der Waals surface area (Å²) < 4.78 is 11.0.